The van der Waals surface area contributed by atoms with Crippen LogP contribution in [-0.2, 0) is 23.3 Å². The monoisotopic (exact) mass is 652 g/mol. The average molecular weight is 653 g/mol. The maximum Gasteiger partial charge on any atom is 0.407 e. The first-order valence-electron chi connectivity index (χ1n) is 15.9. The summed E-state index contributed by atoms with van der Waals surface area (Å²) in [6, 6.07) is 5.55. The van der Waals surface area contributed by atoms with Gasteiger partial charge >= 0.3 is 6.09 Å². The summed E-state index contributed by atoms with van der Waals surface area (Å²) in [5.41, 5.74) is 3.99. The van der Waals surface area contributed by atoms with Gasteiger partial charge in [0.15, 0.2) is 11.5 Å². The third-order valence-electron chi connectivity index (χ3n) is 8.62. The van der Waals surface area contributed by atoms with Gasteiger partial charge in [-0.25, -0.2) is 19.4 Å². The minimum atomic E-state index is -1.25. The summed E-state index contributed by atoms with van der Waals surface area (Å²) in [5.74, 6) is 0.870. The SMILES string of the molecule is Cc1nc2c(-c3ccc4nn(C)cc4c3Cl)nn(COCC[Si](C)(C)C)c2nc1N1C2CCC1CC(NC(=O)OC(C)(C)C)C2. The number of halogens is 1. The van der Waals surface area contributed by atoms with Crippen molar-refractivity contribution in [3.05, 3.63) is 29.0 Å². The van der Waals surface area contributed by atoms with Gasteiger partial charge in [-0.15, -0.1) is 0 Å². The van der Waals surface area contributed by atoms with Crippen LogP contribution in [0.15, 0.2) is 18.3 Å². The molecule has 2 fully saturated rings. The van der Waals surface area contributed by atoms with Crippen molar-refractivity contribution in [2.75, 3.05) is 11.5 Å². The second-order valence-electron chi connectivity index (χ2n) is 14.8. The van der Waals surface area contributed by atoms with Crippen LogP contribution >= 0.6 is 11.6 Å². The first-order valence-corrected chi connectivity index (χ1v) is 20.0. The van der Waals surface area contributed by atoms with Crippen LogP contribution in [0, 0.1) is 6.92 Å². The lowest BCUT2D eigenvalue weighted by molar-refractivity contribution is 0.0492. The number of nitrogens with one attached hydrogen (secondary N) is 1. The van der Waals surface area contributed by atoms with E-state index < -0.39 is 13.7 Å². The number of hydrogen-bond acceptors (Lipinski definition) is 8. The molecule has 45 heavy (non-hydrogen) atoms. The Morgan fingerprint density at radius 1 is 1.11 bits per heavy atom. The molecule has 0 aliphatic carbocycles. The number of alkyl carbamates (subject to hydrolysis) is 1. The molecule has 1 N–H and O–H groups in total. The van der Waals surface area contributed by atoms with Gasteiger partial charge in [-0.2, -0.15) is 10.2 Å². The molecule has 2 unspecified atom stereocenters. The fourth-order valence-corrected chi connectivity index (χ4v) is 7.63. The van der Waals surface area contributed by atoms with Crippen LogP contribution in [0.4, 0.5) is 10.6 Å². The Morgan fingerprint density at radius 3 is 2.49 bits per heavy atom. The molecule has 5 heterocycles. The van der Waals surface area contributed by atoms with Crippen LogP contribution in [0.5, 0.6) is 0 Å². The lowest BCUT2D eigenvalue weighted by Crippen LogP contribution is -2.51. The third kappa shape index (κ3) is 6.68. The number of carbonyl (C=O) groups excluding carboxylic acids is 1. The summed E-state index contributed by atoms with van der Waals surface area (Å²) in [5, 5.41) is 14.1. The Balaban J connectivity index is 1.34. The third-order valence-corrected chi connectivity index (χ3v) is 10.7. The van der Waals surface area contributed by atoms with Crippen molar-refractivity contribution in [1.29, 1.82) is 0 Å². The van der Waals surface area contributed by atoms with E-state index in [1.54, 1.807) is 4.68 Å². The molecule has 1 aromatic carbocycles. The van der Waals surface area contributed by atoms with E-state index in [9.17, 15) is 4.79 Å². The predicted molar refractivity (Wildman–Crippen MR) is 181 cm³/mol. The maximum absolute atomic E-state index is 12.5. The summed E-state index contributed by atoms with van der Waals surface area (Å²) in [7, 11) is 0.634. The molecular formula is C32H45ClN8O3Si. The van der Waals surface area contributed by atoms with E-state index in [0.29, 0.717) is 28.5 Å². The van der Waals surface area contributed by atoms with Crippen LogP contribution in [0.1, 0.15) is 52.1 Å². The Kier molecular flexibility index (Phi) is 8.36. The molecule has 0 radical (unpaired) electrons. The largest absolute Gasteiger partial charge is 0.444 e. The normalized spacial score (nSPS) is 20.4. The Morgan fingerprint density at radius 2 is 1.82 bits per heavy atom. The van der Waals surface area contributed by atoms with Gasteiger partial charge in [0.25, 0.3) is 0 Å². The zero-order chi connectivity index (χ0) is 32.3. The second-order valence-corrected chi connectivity index (χ2v) is 20.8. The van der Waals surface area contributed by atoms with Crippen LogP contribution in [0.25, 0.3) is 33.3 Å². The van der Waals surface area contributed by atoms with Gasteiger partial charge in [-0.1, -0.05) is 31.2 Å². The number of ether oxygens (including phenoxy) is 2. The second kappa shape index (κ2) is 11.9. The Hall–Kier alpha value is -3.22. The highest BCUT2D eigenvalue weighted by molar-refractivity contribution is 6.76. The van der Waals surface area contributed by atoms with E-state index in [0.717, 1.165) is 59.7 Å². The molecular weight excluding hydrogens is 608 g/mol. The molecule has 2 aliphatic rings. The fraction of sp³-hybridized carbons (Fsp3) is 0.594. The molecule has 2 bridgehead atoms. The smallest absolute Gasteiger partial charge is 0.407 e. The first kappa shape index (κ1) is 31.7. The van der Waals surface area contributed by atoms with Gasteiger partial charge in [0.05, 0.1) is 16.2 Å². The molecule has 13 heteroatoms. The number of benzene rings is 1. The maximum atomic E-state index is 12.5. The van der Waals surface area contributed by atoms with Crippen LogP contribution in [0.3, 0.4) is 0 Å². The summed E-state index contributed by atoms with van der Waals surface area (Å²) in [6.07, 6.45) is 5.32. The topological polar surface area (TPSA) is 112 Å². The van der Waals surface area contributed by atoms with Gasteiger partial charge in [-0.05, 0) is 71.6 Å². The molecule has 3 aromatic heterocycles. The molecule has 2 aliphatic heterocycles. The minimum absolute atomic E-state index is 0.0621. The molecule has 0 saturated carbocycles. The van der Waals surface area contributed by atoms with E-state index >= 15 is 0 Å². The number of aryl methyl sites for hydroxylation is 2. The van der Waals surface area contributed by atoms with Crippen molar-refractivity contribution in [3.63, 3.8) is 0 Å². The van der Waals surface area contributed by atoms with E-state index in [2.05, 4.69) is 35.0 Å². The van der Waals surface area contributed by atoms with Crippen molar-refractivity contribution in [3.8, 4) is 11.3 Å². The first-order chi connectivity index (χ1) is 21.2. The quantitative estimate of drug-likeness (QED) is 0.166. The molecule has 6 rings (SSSR count). The number of hydrogen-bond donors (Lipinski definition) is 1. The highest BCUT2D eigenvalue weighted by Gasteiger charge is 2.43. The Labute approximate surface area is 270 Å². The zero-order valence-electron chi connectivity index (χ0n) is 27.6. The lowest BCUT2D eigenvalue weighted by Gasteiger charge is -2.40. The number of piperidine rings is 1. The summed E-state index contributed by atoms with van der Waals surface area (Å²) in [4.78, 5) is 25.4. The zero-order valence-corrected chi connectivity index (χ0v) is 29.4. The van der Waals surface area contributed by atoms with Crippen LogP contribution in [0.2, 0.25) is 30.7 Å². The number of rotatable bonds is 8. The predicted octanol–water partition coefficient (Wildman–Crippen LogP) is 6.68. The number of carbonyl (C=O) groups is 1. The van der Waals surface area contributed by atoms with E-state index in [-0.39, 0.29) is 30.9 Å². The molecule has 242 valence electrons. The fourth-order valence-electron chi connectivity index (χ4n) is 6.58. The standard InChI is InChI=1S/C32H45ClN8O3Si/c1-19-29(41-21-9-10-22(41)16-20(15-21)35-31(42)44-32(2,3)4)36-30-28(34-19)27(38-40(30)18-43-13-14-45(6,7)8)23-11-12-25-24(26(23)33)17-39(5)37-25/h11-12,17,20-22H,9-10,13-16,18H2,1-8H3,(H,35,42). The van der Waals surface area contributed by atoms with Gasteiger partial charge in [0, 0.05) is 57.0 Å². The highest BCUT2D eigenvalue weighted by Crippen LogP contribution is 2.42. The molecule has 2 saturated heterocycles. The van der Waals surface area contributed by atoms with E-state index in [1.807, 2.05) is 57.8 Å². The number of fused-ring (bicyclic) bond motifs is 4. The van der Waals surface area contributed by atoms with Gasteiger partial charge in [0.2, 0.25) is 0 Å². The van der Waals surface area contributed by atoms with Crippen molar-refractivity contribution in [2.24, 2.45) is 7.05 Å². The number of aromatic nitrogens is 6. The van der Waals surface area contributed by atoms with E-state index in [1.165, 1.54) is 0 Å². The summed E-state index contributed by atoms with van der Waals surface area (Å²) >= 11 is 6.98. The highest BCUT2D eigenvalue weighted by atomic mass is 35.5. The molecule has 11 nitrogen and oxygen atoms in total. The van der Waals surface area contributed by atoms with Crippen molar-refractivity contribution >= 4 is 53.7 Å². The minimum Gasteiger partial charge on any atom is -0.444 e. The molecule has 0 spiro atoms. The molecule has 1 amide bonds. The number of amides is 1. The van der Waals surface area contributed by atoms with Crippen molar-refractivity contribution in [2.45, 2.75) is 110 Å². The summed E-state index contributed by atoms with van der Waals surface area (Å²) in [6.45, 7) is 15.6. The summed E-state index contributed by atoms with van der Waals surface area (Å²) < 4.78 is 15.3. The lowest BCUT2D eigenvalue weighted by atomic mass is 9.97. The number of nitrogens with zero attached hydrogens (tertiary/aromatic N) is 7. The molecule has 2 atom stereocenters. The van der Waals surface area contributed by atoms with Crippen LogP contribution in [-0.4, -0.2) is 74.0 Å². The van der Waals surface area contributed by atoms with Gasteiger partial charge in [-0.3, -0.25) is 4.68 Å². The van der Waals surface area contributed by atoms with Crippen LogP contribution < -0.4 is 10.2 Å². The number of anilines is 1. The van der Waals surface area contributed by atoms with Gasteiger partial charge < -0.3 is 19.7 Å². The molecule has 4 aromatic rings. The average Bonchev–Trinajstić information content (AvgIpc) is 3.55. The van der Waals surface area contributed by atoms with Crippen molar-refractivity contribution < 1.29 is 14.3 Å². The van der Waals surface area contributed by atoms with Gasteiger partial charge in [0.1, 0.15) is 23.5 Å². The van der Waals surface area contributed by atoms with E-state index in [4.69, 9.17) is 36.1 Å². The van der Waals surface area contributed by atoms with Crippen molar-refractivity contribution in [1.82, 2.24) is 34.8 Å². The Bertz CT molecular complexity index is 1730.